The fourth-order valence-electron chi connectivity index (χ4n) is 2.16. The van der Waals surface area contributed by atoms with Crippen LogP contribution in [0.1, 0.15) is 16.2 Å². The molecular formula is C13H16N4O5S. The molecule has 23 heavy (non-hydrogen) atoms. The van der Waals surface area contributed by atoms with Gasteiger partial charge in [-0.2, -0.15) is 9.40 Å². The van der Waals surface area contributed by atoms with Crippen LogP contribution in [0.25, 0.3) is 0 Å². The molecule has 10 heteroatoms. The van der Waals surface area contributed by atoms with Crippen LogP contribution >= 0.6 is 0 Å². The minimum Gasteiger partial charge on any atom is -0.438 e. The number of morpholine rings is 1. The molecule has 1 saturated heterocycles. The Morgan fingerprint density at radius 2 is 2.09 bits per heavy atom. The van der Waals surface area contributed by atoms with Crippen LogP contribution in [0.3, 0.4) is 0 Å². The van der Waals surface area contributed by atoms with Crippen molar-refractivity contribution in [1.29, 1.82) is 0 Å². The maximum atomic E-state index is 12.4. The molecule has 0 radical (unpaired) electrons. The second-order valence-corrected chi connectivity index (χ2v) is 6.89. The van der Waals surface area contributed by atoms with Gasteiger partial charge in [-0.25, -0.2) is 8.42 Å². The van der Waals surface area contributed by atoms with Crippen LogP contribution in [0.4, 0.5) is 5.82 Å². The lowest BCUT2D eigenvalue weighted by Gasteiger charge is -2.24. The molecule has 3 heterocycles. The summed E-state index contributed by atoms with van der Waals surface area (Å²) in [6.45, 7) is 2.99. The Morgan fingerprint density at radius 1 is 1.35 bits per heavy atom. The number of aryl methyl sites for hydroxylation is 1. The van der Waals surface area contributed by atoms with Crippen molar-refractivity contribution in [3.8, 4) is 0 Å². The van der Waals surface area contributed by atoms with Crippen molar-refractivity contribution in [3.05, 3.63) is 29.7 Å². The minimum atomic E-state index is -3.76. The number of carbonyl (C=O) groups is 1. The average molecular weight is 340 g/mol. The number of amides is 1. The number of nitrogens with zero attached hydrogens (tertiary/aromatic N) is 2. The maximum Gasteiger partial charge on any atom is 0.292 e. The van der Waals surface area contributed by atoms with Gasteiger partial charge in [0.25, 0.3) is 15.9 Å². The number of rotatable bonds is 4. The van der Waals surface area contributed by atoms with Crippen LogP contribution < -0.4 is 5.32 Å². The molecule has 0 spiro atoms. The van der Waals surface area contributed by atoms with E-state index in [2.05, 4.69) is 15.5 Å². The van der Waals surface area contributed by atoms with Crippen molar-refractivity contribution in [1.82, 2.24) is 14.5 Å². The molecule has 2 N–H and O–H groups in total. The van der Waals surface area contributed by atoms with E-state index < -0.39 is 15.9 Å². The molecule has 1 aliphatic rings. The van der Waals surface area contributed by atoms with Gasteiger partial charge in [-0.1, -0.05) is 0 Å². The summed E-state index contributed by atoms with van der Waals surface area (Å²) in [6.07, 6.45) is 0. The first-order valence-electron chi connectivity index (χ1n) is 6.98. The van der Waals surface area contributed by atoms with E-state index in [4.69, 9.17) is 9.15 Å². The molecule has 0 saturated carbocycles. The molecule has 0 atom stereocenters. The second kappa shape index (κ2) is 6.14. The first kappa shape index (κ1) is 15.7. The zero-order valence-corrected chi connectivity index (χ0v) is 13.2. The molecule has 3 rings (SSSR count). The van der Waals surface area contributed by atoms with E-state index in [-0.39, 0.29) is 23.9 Å². The highest BCUT2D eigenvalue weighted by Crippen LogP contribution is 2.20. The summed E-state index contributed by atoms with van der Waals surface area (Å²) in [5, 5.41) is 8.82. The van der Waals surface area contributed by atoms with Gasteiger partial charge in [0, 0.05) is 24.8 Å². The zero-order valence-electron chi connectivity index (χ0n) is 12.4. The van der Waals surface area contributed by atoms with E-state index in [1.807, 2.05) is 0 Å². The highest BCUT2D eigenvalue weighted by molar-refractivity contribution is 7.89. The molecule has 0 aromatic carbocycles. The lowest BCUT2D eigenvalue weighted by molar-refractivity contribution is 0.0723. The topological polar surface area (TPSA) is 118 Å². The summed E-state index contributed by atoms with van der Waals surface area (Å²) in [5.41, 5.74) is 0.787. The predicted molar refractivity (Wildman–Crippen MR) is 79.6 cm³/mol. The molecule has 0 unspecified atom stereocenters. The number of aromatic amines is 1. The van der Waals surface area contributed by atoms with Gasteiger partial charge >= 0.3 is 0 Å². The monoisotopic (exact) mass is 340 g/mol. The fraction of sp³-hybridized carbons (Fsp3) is 0.385. The SMILES string of the molecule is Cc1cc(NC(=O)c2ccc(S(=O)(=O)N3CCOCC3)o2)n[nH]1. The van der Waals surface area contributed by atoms with Gasteiger partial charge in [0.2, 0.25) is 5.09 Å². The Hall–Kier alpha value is -2.17. The van der Waals surface area contributed by atoms with Gasteiger partial charge in [-0.05, 0) is 19.1 Å². The van der Waals surface area contributed by atoms with Gasteiger partial charge in [-0.15, -0.1) is 0 Å². The quantitative estimate of drug-likeness (QED) is 0.841. The van der Waals surface area contributed by atoms with Crippen LogP contribution in [0, 0.1) is 6.92 Å². The Bertz CT molecular complexity index is 804. The van der Waals surface area contributed by atoms with Crippen molar-refractivity contribution in [2.75, 3.05) is 31.6 Å². The lowest BCUT2D eigenvalue weighted by Crippen LogP contribution is -2.40. The van der Waals surface area contributed by atoms with Crippen LogP contribution in [-0.4, -0.2) is 55.1 Å². The smallest absolute Gasteiger partial charge is 0.292 e. The van der Waals surface area contributed by atoms with Crippen LogP contribution in [0.2, 0.25) is 0 Å². The Balaban J connectivity index is 1.75. The Labute approximate surface area is 132 Å². The van der Waals surface area contributed by atoms with Gasteiger partial charge in [0.15, 0.2) is 11.6 Å². The standard InChI is InChI=1S/C13H16N4O5S/c1-9-8-11(16-15-9)14-13(18)10-2-3-12(22-10)23(19,20)17-4-6-21-7-5-17/h2-3,8H,4-7H2,1H3,(H2,14,15,16,18). The summed E-state index contributed by atoms with van der Waals surface area (Å²) in [7, 11) is -3.76. The van der Waals surface area contributed by atoms with Crippen molar-refractivity contribution in [3.63, 3.8) is 0 Å². The molecule has 1 aliphatic heterocycles. The first-order chi connectivity index (χ1) is 11.0. The van der Waals surface area contributed by atoms with E-state index in [1.54, 1.807) is 13.0 Å². The maximum absolute atomic E-state index is 12.4. The summed E-state index contributed by atoms with van der Waals surface area (Å²) in [4.78, 5) is 12.1. The molecule has 0 bridgehead atoms. The van der Waals surface area contributed by atoms with E-state index in [1.165, 1.54) is 16.4 Å². The number of carbonyl (C=O) groups excluding carboxylic acids is 1. The number of anilines is 1. The summed E-state index contributed by atoms with van der Waals surface area (Å²) in [6, 6.07) is 4.24. The molecule has 2 aromatic rings. The third kappa shape index (κ3) is 3.28. The number of aromatic nitrogens is 2. The van der Waals surface area contributed by atoms with Crippen molar-refractivity contribution >= 4 is 21.7 Å². The minimum absolute atomic E-state index is 0.0995. The molecule has 9 nitrogen and oxygen atoms in total. The first-order valence-corrected chi connectivity index (χ1v) is 8.42. The van der Waals surface area contributed by atoms with Gasteiger partial charge < -0.3 is 14.5 Å². The van der Waals surface area contributed by atoms with Gasteiger partial charge in [-0.3, -0.25) is 9.89 Å². The molecule has 1 amide bonds. The van der Waals surface area contributed by atoms with Crippen LogP contribution in [0.15, 0.2) is 27.7 Å². The van der Waals surface area contributed by atoms with Gasteiger partial charge in [0.1, 0.15) is 0 Å². The number of hydrogen-bond donors (Lipinski definition) is 2. The number of H-pyrrole nitrogens is 1. The second-order valence-electron chi connectivity index (χ2n) is 5.03. The van der Waals surface area contributed by atoms with Crippen molar-refractivity contribution in [2.45, 2.75) is 12.0 Å². The summed E-state index contributed by atoms with van der Waals surface area (Å²) >= 11 is 0. The van der Waals surface area contributed by atoms with Crippen LogP contribution in [0.5, 0.6) is 0 Å². The third-order valence-corrected chi connectivity index (χ3v) is 5.09. The summed E-state index contributed by atoms with van der Waals surface area (Å²) < 4.78 is 36.5. The Kier molecular flexibility index (Phi) is 4.20. The Morgan fingerprint density at radius 3 is 2.74 bits per heavy atom. The molecule has 0 aliphatic carbocycles. The number of furan rings is 1. The van der Waals surface area contributed by atoms with Gasteiger partial charge in [0.05, 0.1) is 13.2 Å². The van der Waals surface area contributed by atoms with E-state index in [0.29, 0.717) is 19.0 Å². The number of nitrogens with one attached hydrogen (secondary N) is 2. The largest absolute Gasteiger partial charge is 0.438 e. The predicted octanol–water partition coefficient (Wildman–Crippen LogP) is 0.584. The van der Waals surface area contributed by atoms with Crippen molar-refractivity contribution in [2.24, 2.45) is 0 Å². The molecule has 2 aromatic heterocycles. The third-order valence-electron chi connectivity index (χ3n) is 3.32. The summed E-state index contributed by atoms with van der Waals surface area (Å²) in [5.74, 6) is -0.334. The number of ether oxygens (including phenoxy) is 1. The van der Waals surface area contributed by atoms with E-state index >= 15 is 0 Å². The fourth-order valence-corrected chi connectivity index (χ4v) is 3.47. The molecule has 124 valence electrons. The van der Waals surface area contributed by atoms with E-state index in [9.17, 15) is 13.2 Å². The molecule has 1 fully saturated rings. The number of sulfonamides is 1. The molecular weight excluding hydrogens is 324 g/mol. The normalized spacial score (nSPS) is 16.4. The zero-order chi connectivity index (χ0) is 16.4. The van der Waals surface area contributed by atoms with Crippen molar-refractivity contribution < 1.29 is 22.4 Å². The highest BCUT2D eigenvalue weighted by atomic mass is 32.2. The lowest BCUT2D eigenvalue weighted by atomic mass is 10.4. The highest BCUT2D eigenvalue weighted by Gasteiger charge is 2.30. The number of hydrogen-bond acceptors (Lipinski definition) is 6. The van der Waals surface area contributed by atoms with Crippen LogP contribution in [-0.2, 0) is 14.8 Å². The van der Waals surface area contributed by atoms with E-state index in [0.717, 1.165) is 5.69 Å². The average Bonchev–Trinajstić information content (AvgIpc) is 3.18.